The van der Waals surface area contributed by atoms with Gasteiger partial charge in [-0.25, -0.2) is 5.84 Å². The van der Waals surface area contributed by atoms with E-state index in [1.54, 1.807) is 7.05 Å². The summed E-state index contributed by atoms with van der Waals surface area (Å²) in [6.07, 6.45) is 0. The van der Waals surface area contributed by atoms with Crippen molar-refractivity contribution < 1.29 is 0 Å². The minimum Gasteiger partial charge on any atom is -0.313 e. The zero-order valence-corrected chi connectivity index (χ0v) is 6.54. The van der Waals surface area contributed by atoms with Gasteiger partial charge in [0.15, 0.2) is 0 Å². The number of hydrogen-bond donors (Lipinski definition) is 1. The lowest BCUT2D eigenvalue weighted by Crippen LogP contribution is -2.24. The van der Waals surface area contributed by atoms with Crippen molar-refractivity contribution in [3.63, 3.8) is 0 Å². The first kappa shape index (κ1) is 6.86. The van der Waals surface area contributed by atoms with Crippen molar-refractivity contribution in [1.29, 1.82) is 0 Å². The predicted octanol–water partition coefficient (Wildman–Crippen LogP) is 1.71. The second kappa shape index (κ2) is 2.56. The van der Waals surface area contributed by atoms with Gasteiger partial charge < -0.3 is 5.01 Å². The van der Waals surface area contributed by atoms with Crippen molar-refractivity contribution in [2.45, 2.75) is 0 Å². The molecule has 1 aromatic heterocycles. The quantitative estimate of drug-likeness (QED) is 0.503. The highest BCUT2D eigenvalue weighted by Gasteiger charge is 1.97. The Hall–Kier alpha value is -0.250. The summed E-state index contributed by atoms with van der Waals surface area (Å²) in [7, 11) is 1.78. The maximum absolute atomic E-state index is 5.64. The Kier molecular flexibility index (Phi) is 1.95. The molecule has 2 N–H and O–H groups in total. The van der Waals surface area contributed by atoms with Gasteiger partial charge in [0.05, 0.1) is 10.0 Å². The summed E-state index contributed by atoms with van der Waals surface area (Å²) in [6, 6.07) is 1.83. The summed E-state index contributed by atoms with van der Waals surface area (Å²) in [5, 5.41) is 3.44. The number of hydrogen-bond acceptors (Lipinski definition) is 3. The van der Waals surface area contributed by atoms with E-state index in [1.165, 1.54) is 16.3 Å². The largest absolute Gasteiger partial charge is 0.313 e. The summed E-state index contributed by atoms with van der Waals surface area (Å²) in [5.74, 6) is 5.41. The maximum Gasteiger partial charge on any atom is 0.0950 e. The second-order valence-corrected chi connectivity index (χ2v) is 3.26. The summed E-state index contributed by atoms with van der Waals surface area (Å²) >= 11 is 7.12. The van der Waals surface area contributed by atoms with Gasteiger partial charge in [0.1, 0.15) is 0 Å². The summed E-state index contributed by atoms with van der Waals surface area (Å²) < 4.78 is 0.766. The summed E-state index contributed by atoms with van der Waals surface area (Å²) in [4.78, 5) is 0. The molecule has 0 amide bonds. The smallest absolute Gasteiger partial charge is 0.0950 e. The average molecular weight is 163 g/mol. The fraction of sp³-hybridized carbons (Fsp3) is 0.200. The Morgan fingerprint density at radius 1 is 1.78 bits per heavy atom. The SMILES string of the molecule is CN(N)c1csc(Cl)c1. The summed E-state index contributed by atoms with van der Waals surface area (Å²) in [5.41, 5.74) is 0.949. The fourth-order valence-electron chi connectivity index (χ4n) is 0.486. The first-order valence-electron chi connectivity index (χ1n) is 2.42. The van der Waals surface area contributed by atoms with Crippen molar-refractivity contribution >= 4 is 28.6 Å². The second-order valence-electron chi connectivity index (χ2n) is 1.72. The molecule has 0 aliphatic rings. The number of halogens is 1. The van der Waals surface area contributed by atoms with Gasteiger partial charge >= 0.3 is 0 Å². The van der Waals surface area contributed by atoms with E-state index in [-0.39, 0.29) is 0 Å². The monoisotopic (exact) mass is 162 g/mol. The molecule has 4 heteroatoms. The minimum absolute atomic E-state index is 0.766. The van der Waals surface area contributed by atoms with Crippen LogP contribution in [-0.4, -0.2) is 7.05 Å². The van der Waals surface area contributed by atoms with Crippen LogP contribution in [0.4, 0.5) is 5.69 Å². The van der Waals surface area contributed by atoms with E-state index in [4.69, 9.17) is 17.4 Å². The number of nitrogens with zero attached hydrogens (tertiary/aromatic N) is 1. The molecule has 0 aliphatic carbocycles. The lowest BCUT2D eigenvalue weighted by Gasteiger charge is -2.06. The van der Waals surface area contributed by atoms with E-state index in [1.807, 2.05) is 11.4 Å². The normalized spacial score (nSPS) is 9.67. The van der Waals surface area contributed by atoms with Gasteiger partial charge in [-0.15, -0.1) is 11.3 Å². The van der Waals surface area contributed by atoms with Crippen LogP contribution in [0.2, 0.25) is 4.34 Å². The van der Waals surface area contributed by atoms with E-state index in [2.05, 4.69) is 0 Å². The van der Waals surface area contributed by atoms with Crippen LogP contribution in [0.3, 0.4) is 0 Å². The topological polar surface area (TPSA) is 29.3 Å². The Balaban J connectivity index is 2.85. The molecule has 0 atom stereocenters. The van der Waals surface area contributed by atoms with Crippen LogP contribution in [0.25, 0.3) is 0 Å². The lowest BCUT2D eigenvalue weighted by atomic mass is 10.5. The van der Waals surface area contributed by atoms with Crippen LogP contribution >= 0.6 is 22.9 Å². The zero-order chi connectivity index (χ0) is 6.85. The van der Waals surface area contributed by atoms with Crippen molar-refractivity contribution in [3.8, 4) is 0 Å². The average Bonchev–Trinajstić information content (AvgIpc) is 2.14. The first-order valence-corrected chi connectivity index (χ1v) is 3.68. The van der Waals surface area contributed by atoms with Crippen LogP contribution in [-0.2, 0) is 0 Å². The van der Waals surface area contributed by atoms with E-state index in [0.717, 1.165) is 10.0 Å². The molecule has 1 aromatic rings. The van der Waals surface area contributed by atoms with Crippen LogP contribution in [0, 0.1) is 0 Å². The molecule has 0 radical (unpaired) electrons. The summed E-state index contributed by atoms with van der Waals surface area (Å²) in [6.45, 7) is 0. The van der Waals surface area contributed by atoms with E-state index in [0.29, 0.717) is 0 Å². The van der Waals surface area contributed by atoms with Gasteiger partial charge in [0, 0.05) is 12.4 Å². The number of nitrogens with two attached hydrogens (primary N) is 1. The Morgan fingerprint density at radius 2 is 2.44 bits per heavy atom. The van der Waals surface area contributed by atoms with E-state index >= 15 is 0 Å². The highest BCUT2D eigenvalue weighted by atomic mass is 35.5. The standard InChI is InChI=1S/C5H7ClN2S/c1-8(7)4-2-5(6)9-3-4/h2-3H,7H2,1H3. The molecular formula is C5H7ClN2S. The van der Waals surface area contributed by atoms with Gasteiger partial charge in [-0.2, -0.15) is 0 Å². The Labute approximate surface area is 62.8 Å². The molecule has 1 rings (SSSR count). The molecule has 0 spiro atoms. The van der Waals surface area contributed by atoms with Gasteiger partial charge in [0.2, 0.25) is 0 Å². The van der Waals surface area contributed by atoms with Crippen molar-refractivity contribution in [2.24, 2.45) is 5.84 Å². The van der Waals surface area contributed by atoms with E-state index in [9.17, 15) is 0 Å². The predicted molar refractivity (Wildman–Crippen MR) is 41.9 cm³/mol. The number of hydrazine groups is 1. The van der Waals surface area contributed by atoms with Crippen molar-refractivity contribution in [3.05, 3.63) is 15.8 Å². The molecule has 0 fully saturated rings. The van der Waals surface area contributed by atoms with Gasteiger partial charge in [-0.05, 0) is 6.07 Å². The highest BCUT2D eigenvalue weighted by molar-refractivity contribution is 7.14. The van der Waals surface area contributed by atoms with Crippen molar-refractivity contribution in [2.75, 3.05) is 12.1 Å². The lowest BCUT2D eigenvalue weighted by molar-refractivity contribution is 1.02. The molecule has 0 aromatic carbocycles. The van der Waals surface area contributed by atoms with Crippen LogP contribution in [0.1, 0.15) is 0 Å². The molecule has 0 aliphatic heterocycles. The fourth-order valence-corrected chi connectivity index (χ4v) is 1.39. The minimum atomic E-state index is 0.766. The molecule has 0 saturated carbocycles. The Bertz CT molecular complexity index is 197. The number of rotatable bonds is 1. The van der Waals surface area contributed by atoms with Gasteiger partial charge in [-0.3, -0.25) is 0 Å². The first-order chi connectivity index (χ1) is 4.20. The van der Waals surface area contributed by atoms with E-state index < -0.39 is 0 Å². The highest BCUT2D eigenvalue weighted by Crippen LogP contribution is 2.24. The zero-order valence-electron chi connectivity index (χ0n) is 4.97. The Morgan fingerprint density at radius 3 is 2.67 bits per heavy atom. The molecule has 0 saturated heterocycles. The third-order valence-corrected chi connectivity index (χ3v) is 2.04. The van der Waals surface area contributed by atoms with Gasteiger partial charge in [-0.1, -0.05) is 11.6 Å². The van der Waals surface area contributed by atoms with Crippen LogP contribution in [0.15, 0.2) is 11.4 Å². The maximum atomic E-state index is 5.64. The molecule has 0 bridgehead atoms. The number of thiophene rings is 1. The van der Waals surface area contributed by atoms with Gasteiger partial charge in [0.25, 0.3) is 0 Å². The van der Waals surface area contributed by atoms with Crippen LogP contribution in [0.5, 0.6) is 0 Å². The third kappa shape index (κ3) is 1.58. The molecule has 2 nitrogen and oxygen atoms in total. The molecule has 0 unspecified atom stereocenters. The van der Waals surface area contributed by atoms with Crippen molar-refractivity contribution in [1.82, 2.24) is 0 Å². The molecule has 1 heterocycles. The number of anilines is 1. The molecule has 50 valence electrons. The molecule has 9 heavy (non-hydrogen) atoms. The van der Waals surface area contributed by atoms with Crippen LogP contribution < -0.4 is 10.9 Å². The third-order valence-electron chi connectivity index (χ3n) is 0.961. The molecular weight excluding hydrogens is 156 g/mol.